The van der Waals surface area contributed by atoms with Gasteiger partial charge in [-0.25, -0.2) is 0 Å². The van der Waals surface area contributed by atoms with Crippen LogP contribution in [0.2, 0.25) is 0 Å². The molecule has 1 aliphatic heterocycles. The zero-order valence-electron chi connectivity index (χ0n) is 14.0. The van der Waals surface area contributed by atoms with Gasteiger partial charge in [-0.15, -0.1) is 0 Å². The molecule has 0 spiro atoms. The topological polar surface area (TPSA) is 71.3 Å². The van der Waals surface area contributed by atoms with Gasteiger partial charge >= 0.3 is 0 Å². The summed E-state index contributed by atoms with van der Waals surface area (Å²) < 4.78 is 1.65. The number of hydrogen-bond acceptors (Lipinski definition) is 3. The standard InChI is InChI=1S/C21H18N2O3/c24-17-11-12-23-13-16(22-21(26)19(23)20(17)25)18(14-7-3-1-4-8-14)15-9-5-2-6-10-15/h1-12,16,18,25H,13H2,(H,22,26). The first-order chi connectivity index (χ1) is 12.6. The van der Waals surface area contributed by atoms with E-state index in [0.717, 1.165) is 11.1 Å². The highest BCUT2D eigenvalue weighted by Crippen LogP contribution is 2.31. The number of rotatable bonds is 3. The maximum atomic E-state index is 12.6. The minimum atomic E-state index is -0.549. The monoisotopic (exact) mass is 346 g/mol. The number of aromatic hydroxyl groups is 1. The maximum absolute atomic E-state index is 12.6. The van der Waals surface area contributed by atoms with Gasteiger partial charge < -0.3 is 15.0 Å². The molecule has 0 radical (unpaired) electrons. The molecular formula is C21H18N2O3. The highest BCUT2D eigenvalue weighted by molar-refractivity contribution is 5.96. The fraction of sp³-hybridized carbons (Fsp3) is 0.143. The van der Waals surface area contributed by atoms with Crippen molar-refractivity contribution >= 4 is 5.91 Å². The molecule has 3 aromatic rings. The molecule has 2 aromatic carbocycles. The summed E-state index contributed by atoms with van der Waals surface area (Å²) in [5.74, 6) is -0.983. The molecule has 1 atom stereocenters. The summed E-state index contributed by atoms with van der Waals surface area (Å²) in [4.78, 5) is 24.3. The Morgan fingerprint density at radius 2 is 1.50 bits per heavy atom. The third-order valence-corrected chi connectivity index (χ3v) is 4.80. The molecule has 1 aromatic heterocycles. The lowest BCUT2D eigenvalue weighted by atomic mass is 9.84. The van der Waals surface area contributed by atoms with Crippen LogP contribution in [0.4, 0.5) is 0 Å². The molecule has 0 fully saturated rings. The van der Waals surface area contributed by atoms with Gasteiger partial charge in [0.25, 0.3) is 5.91 Å². The molecule has 4 rings (SSSR count). The summed E-state index contributed by atoms with van der Waals surface area (Å²) in [6.07, 6.45) is 1.57. The Balaban J connectivity index is 1.79. The van der Waals surface area contributed by atoms with E-state index in [-0.39, 0.29) is 17.7 Å². The lowest BCUT2D eigenvalue weighted by Crippen LogP contribution is -2.48. The van der Waals surface area contributed by atoms with Crippen LogP contribution >= 0.6 is 0 Å². The number of pyridine rings is 1. The number of hydrogen-bond donors (Lipinski definition) is 2. The third-order valence-electron chi connectivity index (χ3n) is 4.80. The molecule has 1 unspecified atom stereocenters. The van der Waals surface area contributed by atoms with Crippen LogP contribution in [0.3, 0.4) is 0 Å². The van der Waals surface area contributed by atoms with E-state index in [1.165, 1.54) is 6.07 Å². The number of carbonyl (C=O) groups excluding carboxylic acids is 1. The Labute approximate surface area is 150 Å². The Kier molecular flexibility index (Phi) is 4.05. The van der Waals surface area contributed by atoms with Gasteiger partial charge in [0.15, 0.2) is 11.4 Å². The molecule has 0 bridgehead atoms. The van der Waals surface area contributed by atoms with E-state index in [1.807, 2.05) is 60.7 Å². The molecule has 26 heavy (non-hydrogen) atoms. The molecule has 1 aliphatic rings. The number of nitrogens with zero attached hydrogens (tertiary/aromatic N) is 1. The summed E-state index contributed by atoms with van der Waals surface area (Å²) in [5.41, 5.74) is 1.66. The molecule has 5 nitrogen and oxygen atoms in total. The number of aromatic nitrogens is 1. The number of carbonyl (C=O) groups is 1. The van der Waals surface area contributed by atoms with E-state index in [0.29, 0.717) is 6.54 Å². The average molecular weight is 346 g/mol. The summed E-state index contributed by atoms with van der Waals surface area (Å²) in [6.45, 7) is 0.462. The average Bonchev–Trinajstić information content (AvgIpc) is 2.66. The van der Waals surface area contributed by atoms with Gasteiger partial charge in [0.1, 0.15) is 0 Å². The molecule has 0 saturated heterocycles. The zero-order chi connectivity index (χ0) is 18.1. The smallest absolute Gasteiger partial charge is 0.272 e. The van der Waals surface area contributed by atoms with E-state index in [2.05, 4.69) is 5.32 Å². The Morgan fingerprint density at radius 3 is 2.08 bits per heavy atom. The fourth-order valence-electron chi connectivity index (χ4n) is 3.61. The normalized spacial score (nSPS) is 16.2. The van der Waals surface area contributed by atoms with Crippen molar-refractivity contribution in [3.63, 3.8) is 0 Å². The van der Waals surface area contributed by atoms with Gasteiger partial charge in [-0.05, 0) is 11.1 Å². The molecule has 130 valence electrons. The minimum absolute atomic E-state index is 0.0219. The Morgan fingerprint density at radius 1 is 0.923 bits per heavy atom. The predicted molar refractivity (Wildman–Crippen MR) is 98.3 cm³/mol. The highest BCUT2D eigenvalue weighted by Gasteiger charge is 2.33. The lowest BCUT2D eigenvalue weighted by molar-refractivity contribution is 0.0889. The largest absolute Gasteiger partial charge is 0.503 e. The second-order valence-electron chi connectivity index (χ2n) is 6.41. The quantitative estimate of drug-likeness (QED) is 0.765. The minimum Gasteiger partial charge on any atom is -0.503 e. The molecular weight excluding hydrogens is 328 g/mol. The molecule has 1 amide bonds. The zero-order valence-corrected chi connectivity index (χ0v) is 14.0. The maximum Gasteiger partial charge on any atom is 0.272 e. The van der Waals surface area contributed by atoms with Gasteiger partial charge in [0.2, 0.25) is 5.43 Å². The van der Waals surface area contributed by atoms with E-state index in [4.69, 9.17) is 0 Å². The van der Waals surface area contributed by atoms with E-state index >= 15 is 0 Å². The number of amides is 1. The van der Waals surface area contributed by atoms with Crippen LogP contribution < -0.4 is 10.7 Å². The van der Waals surface area contributed by atoms with Crippen LogP contribution in [0.15, 0.2) is 77.7 Å². The molecule has 0 aliphatic carbocycles. The highest BCUT2D eigenvalue weighted by atomic mass is 16.3. The van der Waals surface area contributed by atoms with Crippen molar-refractivity contribution in [2.45, 2.75) is 18.5 Å². The van der Waals surface area contributed by atoms with Crippen molar-refractivity contribution in [1.82, 2.24) is 9.88 Å². The van der Waals surface area contributed by atoms with Crippen molar-refractivity contribution in [3.05, 3.63) is 100.0 Å². The first kappa shape index (κ1) is 16.1. The van der Waals surface area contributed by atoms with Crippen LogP contribution in [-0.4, -0.2) is 21.6 Å². The first-order valence-electron chi connectivity index (χ1n) is 8.48. The van der Waals surface area contributed by atoms with Gasteiger partial charge in [0.05, 0.1) is 6.04 Å². The summed E-state index contributed by atoms with van der Waals surface area (Å²) >= 11 is 0. The number of fused-ring (bicyclic) bond motifs is 1. The van der Waals surface area contributed by atoms with E-state index in [9.17, 15) is 14.7 Å². The lowest BCUT2D eigenvalue weighted by Gasteiger charge is -2.34. The van der Waals surface area contributed by atoms with Crippen LogP contribution in [0.1, 0.15) is 27.5 Å². The SMILES string of the molecule is O=C1NC(C(c2ccccc2)c2ccccc2)Cn2ccc(=O)c(O)c21. The molecule has 5 heteroatoms. The molecule has 2 heterocycles. The Hall–Kier alpha value is -3.34. The van der Waals surface area contributed by atoms with E-state index in [1.54, 1.807) is 10.8 Å². The number of nitrogens with one attached hydrogen (secondary N) is 1. The summed E-state index contributed by atoms with van der Waals surface area (Å²) in [6, 6.07) is 21.1. The second kappa shape index (κ2) is 6.52. The van der Waals surface area contributed by atoms with Crippen LogP contribution in [0.25, 0.3) is 0 Å². The number of benzene rings is 2. The van der Waals surface area contributed by atoms with Crippen LogP contribution in [0.5, 0.6) is 5.75 Å². The van der Waals surface area contributed by atoms with Crippen molar-refractivity contribution < 1.29 is 9.90 Å². The predicted octanol–water partition coefficient (Wildman–Crippen LogP) is 2.50. The first-order valence-corrected chi connectivity index (χ1v) is 8.48. The summed E-state index contributed by atoms with van der Waals surface area (Å²) in [7, 11) is 0. The van der Waals surface area contributed by atoms with Crippen molar-refractivity contribution in [2.24, 2.45) is 0 Å². The Bertz CT molecular complexity index is 957. The fourth-order valence-corrected chi connectivity index (χ4v) is 3.61. The second-order valence-corrected chi connectivity index (χ2v) is 6.41. The van der Waals surface area contributed by atoms with E-state index < -0.39 is 17.1 Å². The van der Waals surface area contributed by atoms with Gasteiger partial charge in [-0.3, -0.25) is 9.59 Å². The van der Waals surface area contributed by atoms with Gasteiger partial charge in [-0.2, -0.15) is 0 Å². The molecule has 2 N–H and O–H groups in total. The third kappa shape index (κ3) is 2.77. The summed E-state index contributed by atoms with van der Waals surface area (Å²) in [5, 5.41) is 13.0. The van der Waals surface area contributed by atoms with Gasteiger partial charge in [-0.1, -0.05) is 60.7 Å². The van der Waals surface area contributed by atoms with Crippen molar-refractivity contribution in [1.29, 1.82) is 0 Å². The van der Waals surface area contributed by atoms with Crippen LogP contribution in [0, 0.1) is 0 Å². The molecule has 0 saturated carbocycles. The van der Waals surface area contributed by atoms with Crippen molar-refractivity contribution in [2.75, 3.05) is 0 Å². The van der Waals surface area contributed by atoms with Crippen molar-refractivity contribution in [3.8, 4) is 5.75 Å². The van der Waals surface area contributed by atoms with Crippen LogP contribution in [-0.2, 0) is 6.54 Å². The van der Waals surface area contributed by atoms with Gasteiger partial charge in [0, 0.05) is 24.7 Å².